The fourth-order valence-electron chi connectivity index (χ4n) is 1.86. The van der Waals surface area contributed by atoms with E-state index in [4.69, 9.17) is 5.11 Å². The number of benzene rings is 2. The Morgan fingerprint density at radius 3 is 2.39 bits per heavy atom. The van der Waals surface area contributed by atoms with E-state index in [1.807, 2.05) is 49.3 Å². The van der Waals surface area contributed by atoms with Gasteiger partial charge in [0.15, 0.2) is 0 Å². The van der Waals surface area contributed by atoms with E-state index in [9.17, 15) is 5.11 Å². The summed E-state index contributed by atoms with van der Waals surface area (Å²) >= 11 is 0. The smallest absolute Gasteiger partial charge is 0.121 e. The second-order valence-electron chi connectivity index (χ2n) is 4.45. The van der Waals surface area contributed by atoms with Crippen molar-refractivity contribution in [2.45, 2.75) is 6.61 Å². The van der Waals surface area contributed by atoms with Gasteiger partial charge in [0.05, 0.1) is 6.61 Å². The van der Waals surface area contributed by atoms with Crippen molar-refractivity contribution in [1.29, 1.82) is 0 Å². The molecule has 0 saturated heterocycles. The molecule has 0 unspecified atom stereocenters. The number of anilines is 1. The normalized spacial score (nSPS) is 10.4. The van der Waals surface area contributed by atoms with Crippen molar-refractivity contribution >= 4 is 5.69 Å². The standard InChI is InChI=1S/C15H17NO2/c1-16(2)14-5-3-4-11(9-14)12-6-7-15(18)13(8-12)10-17/h3-9,17-18H,10H2,1-2H3. The molecule has 2 aromatic carbocycles. The van der Waals surface area contributed by atoms with Crippen LogP contribution in [0.25, 0.3) is 11.1 Å². The molecule has 0 saturated carbocycles. The first kappa shape index (κ1) is 12.5. The summed E-state index contributed by atoms with van der Waals surface area (Å²) in [6.45, 7) is -0.160. The van der Waals surface area contributed by atoms with E-state index >= 15 is 0 Å². The van der Waals surface area contributed by atoms with Gasteiger partial charge in [0, 0.05) is 25.3 Å². The van der Waals surface area contributed by atoms with E-state index in [1.165, 1.54) is 0 Å². The van der Waals surface area contributed by atoms with Crippen LogP contribution in [0.5, 0.6) is 5.75 Å². The summed E-state index contributed by atoms with van der Waals surface area (Å²) in [7, 11) is 3.99. The molecule has 0 fully saturated rings. The van der Waals surface area contributed by atoms with E-state index in [0.717, 1.165) is 16.8 Å². The lowest BCUT2D eigenvalue weighted by atomic mass is 10.0. The molecule has 0 aromatic heterocycles. The van der Waals surface area contributed by atoms with Crippen molar-refractivity contribution in [2.24, 2.45) is 0 Å². The minimum atomic E-state index is -0.160. The third kappa shape index (κ3) is 2.46. The molecule has 94 valence electrons. The molecule has 2 rings (SSSR count). The van der Waals surface area contributed by atoms with Gasteiger partial charge in [-0.05, 0) is 35.4 Å². The van der Waals surface area contributed by atoms with Crippen LogP contribution in [-0.2, 0) is 6.61 Å². The predicted octanol–water partition coefficient (Wildman–Crippen LogP) is 2.62. The van der Waals surface area contributed by atoms with Gasteiger partial charge >= 0.3 is 0 Å². The lowest BCUT2D eigenvalue weighted by Crippen LogP contribution is -2.08. The highest BCUT2D eigenvalue weighted by Gasteiger charge is 2.05. The molecule has 2 N–H and O–H groups in total. The van der Waals surface area contributed by atoms with Gasteiger partial charge in [0.25, 0.3) is 0 Å². The molecule has 0 aliphatic heterocycles. The number of hydrogen-bond acceptors (Lipinski definition) is 3. The second kappa shape index (κ2) is 5.10. The van der Waals surface area contributed by atoms with Crippen molar-refractivity contribution in [1.82, 2.24) is 0 Å². The van der Waals surface area contributed by atoms with Gasteiger partial charge in [-0.1, -0.05) is 18.2 Å². The fourth-order valence-corrected chi connectivity index (χ4v) is 1.86. The highest BCUT2D eigenvalue weighted by molar-refractivity contribution is 5.69. The minimum absolute atomic E-state index is 0.130. The van der Waals surface area contributed by atoms with Crippen molar-refractivity contribution in [2.75, 3.05) is 19.0 Å². The zero-order chi connectivity index (χ0) is 13.1. The first-order valence-electron chi connectivity index (χ1n) is 5.82. The first-order valence-corrected chi connectivity index (χ1v) is 5.82. The maximum absolute atomic E-state index is 9.56. The Bertz CT molecular complexity index is 550. The molecule has 3 nitrogen and oxygen atoms in total. The van der Waals surface area contributed by atoms with Gasteiger partial charge < -0.3 is 15.1 Å². The average molecular weight is 243 g/mol. The van der Waals surface area contributed by atoms with Crippen molar-refractivity contribution in [3.05, 3.63) is 48.0 Å². The van der Waals surface area contributed by atoms with E-state index in [-0.39, 0.29) is 12.4 Å². The quantitative estimate of drug-likeness (QED) is 0.871. The molecule has 0 amide bonds. The SMILES string of the molecule is CN(C)c1cccc(-c2ccc(O)c(CO)c2)c1. The Morgan fingerprint density at radius 2 is 1.72 bits per heavy atom. The van der Waals surface area contributed by atoms with Gasteiger partial charge in [0.1, 0.15) is 5.75 Å². The van der Waals surface area contributed by atoms with E-state index in [1.54, 1.807) is 6.07 Å². The van der Waals surface area contributed by atoms with Crippen LogP contribution in [-0.4, -0.2) is 24.3 Å². The topological polar surface area (TPSA) is 43.7 Å². The summed E-state index contributed by atoms with van der Waals surface area (Å²) in [6.07, 6.45) is 0. The highest BCUT2D eigenvalue weighted by Crippen LogP contribution is 2.28. The van der Waals surface area contributed by atoms with Crippen molar-refractivity contribution in [3.8, 4) is 16.9 Å². The van der Waals surface area contributed by atoms with Crippen LogP contribution < -0.4 is 4.90 Å². The summed E-state index contributed by atoms with van der Waals surface area (Å²) in [5.74, 6) is 0.130. The van der Waals surface area contributed by atoms with Crippen molar-refractivity contribution < 1.29 is 10.2 Å². The van der Waals surface area contributed by atoms with Crippen LogP contribution in [0.1, 0.15) is 5.56 Å². The third-order valence-electron chi connectivity index (χ3n) is 2.95. The Morgan fingerprint density at radius 1 is 1.00 bits per heavy atom. The fraction of sp³-hybridized carbons (Fsp3) is 0.200. The van der Waals surface area contributed by atoms with Gasteiger partial charge in [-0.25, -0.2) is 0 Å². The van der Waals surface area contributed by atoms with E-state index < -0.39 is 0 Å². The van der Waals surface area contributed by atoms with Crippen LogP contribution in [0.15, 0.2) is 42.5 Å². The number of hydrogen-bond donors (Lipinski definition) is 2. The Balaban J connectivity index is 2.45. The molecule has 0 atom stereocenters. The van der Waals surface area contributed by atoms with Gasteiger partial charge in [-0.15, -0.1) is 0 Å². The first-order chi connectivity index (χ1) is 8.61. The van der Waals surface area contributed by atoms with Crippen LogP contribution in [0.3, 0.4) is 0 Å². The molecule has 0 spiro atoms. The molecule has 2 aromatic rings. The van der Waals surface area contributed by atoms with E-state index in [0.29, 0.717) is 5.56 Å². The zero-order valence-corrected chi connectivity index (χ0v) is 10.6. The molecule has 3 heteroatoms. The van der Waals surface area contributed by atoms with Gasteiger partial charge in [-0.2, -0.15) is 0 Å². The van der Waals surface area contributed by atoms with E-state index in [2.05, 4.69) is 6.07 Å². The molecular weight excluding hydrogens is 226 g/mol. The van der Waals surface area contributed by atoms with Gasteiger partial charge in [-0.3, -0.25) is 0 Å². The summed E-state index contributed by atoms with van der Waals surface area (Å²) < 4.78 is 0. The van der Waals surface area contributed by atoms with Crippen LogP contribution in [0, 0.1) is 0 Å². The summed E-state index contributed by atoms with van der Waals surface area (Å²) in [6, 6.07) is 13.4. The summed E-state index contributed by atoms with van der Waals surface area (Å²) in [5.41, 5.74) is 3.71. The third-order valence-corrected chi connectivity index (χ3v) is 2.95. The van der Waals surface area contributed by atoms with Crippen LogP contribution in [0.2, 0.25) is 0 Å². The molecule has 0 aliphatic carbocycles. The lowest BCUT2D eigenvalue weighted by Gasteiger charge is -2.14. The largest absolute Gasteiger partial charge is 0.508 e. The Hall–Kier alpha value is -2.00. The maximum Gasteiger partial charge on any atom is 0.121 e. The number of phenols is 1. The molecule has 0 radical (unpaired) electrons. The Kier molecular flexibility index (Phi) is 3.53. The zero-order valence-electron chi connectivity index (χ0n) is 10.6. The number of aliphatic hydroxyl groups is 1. The average Bonchev–Trinajstić information content (AvgIpc) is 2.39. The minimum Gasteiger partial charge on any atom is -0.508 e. The molecule has 0 aliphatic rings. The van der Waals surface area contributed by atoms with Crippen LogP contribution in [0.4, 0.5) is 5.69 Å². The number of aliphatic hydroxyl groups excluding tert-OH is 1. The monoisotopic (exact) mass is 243 g/mol. The number of rotatable bonds is 3. The highest BCUT2D eigenvalue weighted by atomic mass is 16.3. The molecule has 0 bridgehead atoms. The van der Waals surface area contributed by atoms with Crippen molar-refractivity contribution in [3.63, 3.8) is 0 Å². The lowest BCUT2D eigenvalue weighted by molar-refractivity contribution is 0.275. The van der Waals surface area contributed by atoms with Crippen LogP contribution >= 0.6 is 0 Å². The Labute approximate surface area is 107 Å². The second-order valence-corrected chi connectivity index (χ2v) is 4.45. The summed E-state index contributed by atoms with van der Waals surface area (Å²) in [4.78, 5) is 2.04. The van der Waals surface area contributed by atoms with Gasteiger partial charge in [0.2, 0.25) is 0 Å². The molecule has 0 heterocycles. The number of nitrogens with zero attached hydrogens (tertiary/aromatic N) is 1. The summed E-state index contributed by atoms with van der Waals surface area (Å²) in [5, 5.41) is 18.7. The predicted molar refractivity (Wildman–Crippen MR) is 73.8 cm³/mol. The molecular formula is C15H17NO2. The maximum atomic E-state index is 9.56. The number of aromatic hydroxyl groups is 1. The molecule has 18 heavy (non-hydrogen) atoms.